The third kappa shape index (κ3) is 3.53. The number of imide groups is 1. The number of nitrogens with one attached hydrogen (secondary N) is 1. The van der Waals surface area contributed by atoms with Gasteiger partial charge in [-0.25, -0.2) is 4.79 Å². The molecule has 0 aliphatic carbocycles. The lowest BCUT2D eigenvalue weighted by Crippen LogP contribution is -2.55. The summed E-state index contributed by atoms with van der Waals surface area (Å²) in [5.74, 6) is -0.146. The molecule has 2 aliphatic heterocycles. The first-order chi connectivity index (χ1) is 9.77. The van der Waals surface area contributed by atoms with Crippen LogP contribution in [0.25, 0.3) is 0 Å². The fourth-order valence-electron chi connectivity index (χ4n) is 3.02. The smallest absolute Gasteiger partial charge is 0.325 e. The van der Waals surface area contributed by atoms with Crippen LogP contribution in [0.1, 0.15) is 33.1 Å². The van der Waals surface area contributed by atoms with Gasteiger partial charge in [0.2, 0.25) is 0 Å². The molecule has 120 valence electrons. The maximum atomic E-state index is 12.6. The second-order valence-corrected chi connectivity index (χ2v) is 6.81. The molecule has 7 heteroatoms. The molecular formula is C14H26N4O3. The van der Waals surface area contributed by atoms with E-state index in [4.69, 9.17) is 10.8 Å². The van der Waals surface area contributed by atoms with Gasteiger partial charge in [0.25, 0.3) is 5.91 Å². The van der Waals surface area contributed by atoms with Gasteiger partial charge in [0.1, 0.15) is 5.54 Å². The van der Waals surface area contributed by atoms with Crippen molar-refractivity contribution in [1.82, 2.24) is 15.1 Å². The molecule has 7 nitrogen and oxygen atoms in total. The first-order valence-corrected chi connectivity index (χ1v) is 7.54. The van der Waals surface area contributed by atoms with Crippen molar-refractivity contribution in [3.8, 4) is 0 Å². The summed E-state index contributed by atoms with van der Waals surface area (Å²) in [5.41, 5.74) is 4.58. The molecule has 2 fully saturated rings. The molecule has 0 radical (unpaired) electrons. The van der Waals surface area contributed by atoms with Crippen LogP contribution in [0.15, 0.2) is 0 Å². The van der Waals surface area contributed by atoms with Crippen LogP contribution in [0, 0.1) is 0 Å². The topological polar surface area (TPSA) is 98.9 Å². The zero-order valence-corrected chi connectivity index (χ0v) is 12.9. The molecule has 2 rings (SSSR count). The second kappa shape index (κ2) is 5.90. The van der Waals surface area contributed by atoms with Crippen LogP contribution in [0.5, 0.6) is 0 Å². The van der Waals surface area contributed by atoms with Crippen molar-refractivity contribution in [2.24, 2.45) is 5.73 Å². The van der Waals surface area contributed by atoms with Crippen LogP contribution in [-0.2, 0) is 4.79 Å². The van der Waals surface area contributed by atoms with Gasteiger partial charge < -0.3 is 21.1 Å². The SMILES string of the molecule is CC(C)(N)CN1C(=O)NC2(CCN(CCCO)CC2)C1=O. The monoisotopic (exact) mass is 298 g/mol. The molecule has 2 saturated heterocycles. The van der Waals surface area contributed by atoms with Crippen LogP contribution in [-0.4, -0.2) is 70.7 Å². The summed E-state index contributed by atoms with van der Waals surface area (Å²) in [6.07, 6.45) is 1.97. The average molecular weight is 298 g/mol. The minimum Gasteiger partial charge on any atom is -0.396 e. The summed E-state index contributed by atoms with van der Waals surface area (Å²) >= 11 is 0. The van der Waals surface area contributed by atoms with Gasteiger partial charge in [0.15, 0.2) is 0 Å². The molecule has 0 aromatic carbocycles. The molecule has 2 aliphatic rings. The number of piperidine rings is 1. The molecule has 0 atom stereocenters. The number of amides is 3. The Labute approximate surface area is 125 Å². The van der Waals surface area contributed by atoms with Gasteiger partial charge in [-0.3, -0.25) is 9.69 Å². The van der Waals surface area contributed by atoms with E-state index in [-0.39, 0.29) is 25.1 Å². The highest BCUT2D eigenvalue weighted by Gasteiger charge is 2.52. The molecule has 0 bridgehead atoms. The highest BCUT2D eigenvalue weighted by atomic mass is 16.3. The van der Waals surface area contributed by atoms with E-state index in [1.165, 1.54) is 4.90 Å². The Bertz CT molecular complexity index is 411. The Morgan fingerprint density at radius 2 is 1.95 bits per heavy atom. The first kappa shape index (κ1) is 16.2. The van der Waals surface area contributed by atoms with Crippen LogP contribution >= 0.6 is 0 Å². The molecule has 0 aromatic rings. The minimum atomic E-state index is -0.752. The van der Waals surface area contributed by atoms with Gasteiger partial charge in [0.05, 0.1) is 0 Å². The van der Waals surface area contributed by atoms with Crippen molar-refractivity contribution in [1.29, 1.82) is 0 Å². The number of urea groups is 1. The fourth-order valence-corrected chi connectivity index (χ4v) is 3.02. The maximum absolute atomic E-state index is 12.6. The summed E-state index contributed by atoms with van der Waals surface area (Å²) in [6.45, 7) is 6.35. The number of hydrogen-bond donors (Lipinski definition) is 3. The number of hydrogen-bond acceptors (Lipinski definition) is 5. The molecule has 0 saturated carbocycles. The van der Waals surface area contributed by atoms with E-state index in [0.717, 1.165) is 26.1 Å². The van der Waals surface area contributed by atoms with Gasteiger partial charge in [-0.2, -0.15) is 0 Å². The second-order valence-electron chi connectivity index (χ2n) is 6.81. The van der Waals surface area contributed by atoms with Gasteiger partial charge >= 0.3 is 6.03 Å². The Morgan fingerprint density at radius 1 is 1.33 bits per heavy atom. The van der Waals surface area contributed by atoms with E-state index < -0.39 is 11.1 Å². The van der Waals surface area contributed by atoms with Gasteiger partial charge in [-0.05, 0) is 33.1 Å². The average Bonchev–Trinajstić information content (AvgIpc) is 2.62. The van der Waals surface area contributed by atoms with Crippen molar-refractivity contribution in [3.63, 3.8) is 0 Å². The number of aliphatic hydroxyl groups is 1. The summed E-state index contributed by atoms with van der Waals surface area (Å²) in [5, 5.41) is 11.7. The highest BCUT2D eigenvalue weighted by Crippen LogP contribution is 2.30. The molecule has 0 unspecified atom stereocenters. The predicted octanol–water partition coefficient (Wildman–Crippen LogP) is -0.507. The first-order valence-electron chi connectivity index (χ1n) is 7.54. The van der Waals surface area contributed by atoms with E-state index in [2.05, 4.69) is 10.2 Å². The molecule has 4 N–H and O–H groups in total. The quantitative estimate of drug-likeness (QED) is 0.594. The van der Waals surface area contributed by atoms with E-state index in [1.54, 1.807) is 13.8 Å². The summed E-state index contributed by atoms with van der Waals surface area (Å²) in [6, 6.07) is -0.331. The third-order valence-corrected chi connectivity index (χ3v) is 4.15. The molecule has 1 spiro atoms. The normalized spacial score (nSPS) is 23.0. The number of likely N-dealkylation sites (tertiary alicyclic amines) is 1. The van der Waals surface area contributed by atoms with Gasteiger partial charge in [-0.15, -0.1) is 0 Å². The summed E-state index contributed by atoms with van der Waals surface area (Å²) in [4.78, 5) is 28.2. The lowest BCUT2D eigenvalue weighted by atomic mass is 9.87. The molecule has 3 amide bonds. The van der Waals surface area contributed by atoms with Crippen molar-refractivity contribution >= 4 is 11.9 Å². The Hall–Kier alpha value is -1.18. The summed E-state index contributed by atoms with van der Waals surface area (Å²) in [7, 11) is 0. The molecule has 2 heterocycles. The van der Waals surface area contributed by atoms with Crippen LogP contribution < -0.4 is 11.1 Å². The number of nitrogens with zero attached hydrogens (tertiary/aromatic N) is 2. The zero-order valence-electron chi connectivity index (χ0n) is 12.9. The number of aliphatic hydroxyl groups excluding tert-OH is 1. The number of carbonyl (C=O) groups is 2. The molecular weight excluding hydrogens is 272 g/mol. The van der Waals surface area contributed by atoms with Crippen molar-refractivity contribution in [3.05, 3.63) is 0 Å². The van der Waals surface area contributed by atoms with Crippen LogP contribution in [0.3, 0.4) is 0 Å². The number of rotatable bonds is 5. The zero-order chi connectivity index (χ0) is 15.7. The van der Waals surface area contributed by atoms with Crippen molar-refractivity contribution in [2.45, 2.75) is 44.2 Å². The fraction of sp³-hybridized carbons (Fsp3) is 0.857. The van der Waals surface area contributed by atoms with E-state index in [9.17, 15) is 9.59 Å². The third-order valence-electron chi connectivity index (χ3n) is 4.15. The summed E-state index contributed by atoms with van der Waals surface area (Å²) < 4.78 is 0. The van der Waals surface area contributed by atoms with Crippen LogP contribution in [0.2, 0.25) is 0 Å². The Morgan fingerprint density at radius 3 is 2.48 bits per heavy atom. The molecule has 21 heavy (non-hydrogen) atoms. The lowest BCUT2D eigenvalue weighted by Gasteiger charge is -2.37. The number of nitrogens with two attached hydrogens (primary N) is 1. The molecule has 0 aromatic heterocycles. The largest absolute Gasteiger partial charge is 0.396 e. The highest BCUT2D eigenvalue weighted by molar-refractivity contribution is 6.07. The standard InChI is InChI=1S/C14H26N4O3/c1-13(2,15)10-18-11(20)14(16-12(18)21)4-7-17(8-5-14)6-3-9-19/h19H,3-10,15H2,1-2H3,(H,16,21). The Kier molecular flexibility index (Phi) is 4.55. The van der Waals surface area contributed by atoms with Crippen LogP contribution in [0.4, 0.5) is 4.79 Å². The van der Waals surface area contributed by atoms with Crippen molar-refractivity contribution in [2.75, 3.05) is 32.8 Å². The van der Waals surface area contributed by atoms with E-state index >= 15 is 0 Å². The Balaban J connectivity index is 1.99. The van der Waals surface area contributed by atoms with Gasteiger partial charge in [-0.1, -0.05) is 0 Å². The number of carbonyl (C=O) groups excluding carboxylic acids is 2. The minimum absolute atomic E-state index is 0.146. The predicted molar refractivity (Wildman–Crippen MR) is 78.6 cm³/mol. The maximum Gasteiger partial charge on any atom is 0.325 e. The van der Waals surface area contributed by atoms with Crippen molar-refractivity contribution < 1.29 is 14.7 Å². The van der Waals surface area contributed by atoms with E-state index in [1.807, 2.05) is 0 Å². The van der Waals surface area contributed by atoms with E-state index in [0.29, 0.717) is 12.8 Å². The lowest BCUT2D eigenvalue weighted by molar-refractivity contribution is -0.133. The van der Waals surface area contributed by atoms with Gasteiger partial charge in [0, 0.05) is 38.3 Å².